The van der Waals surface area contributed by atoms with E-state index in [4.69, 9.17) is 0 Å². The number of sulfonamides is 1. The van der Waals surface area contributed by atoms with Crippen LogP contribution < -0.4 is 4.72 Å². The van der Waals surface area contributed by atoms with Gasteiger partial charge in [-0.05, 0) is 48.6 Å². The fraction of sp³-hybridized carbons (Fsp3) is 0.375. The lowest BCUT2D eigenvalue weighted by Gasteiger charge is -2.29. The molecule has 1 saturated heterocycles. The molecule has 166 valence electrons. The Bertz CT molecular complexity index is 1310. The molecule has 1 N–H and O–H groups in total. The van der Waals surface area contributed by atoms with Gasteiger partial charge in [0.15, 0.2) is 0 Å². The van der Waals surface area contributed by atoms with Crippen molar-refractivity contribution < 1.29 is 12.8 Å². The van der Waals surface area contributed by atoms with Crippen molar-refractivity contribution in [3.8, 4) is 0 Å². The number of rotatable bonds is 6. The van der Waals surface area contributed by atoms with Gasteiger partial charge in [0, 0.05) is 42.9 Å². The van der Waals surface area contributed by atoms with Crippen LogP contribution in [0.4, 0.5) is 4.39 Å². The van der Waals surface area contributed by atoms with Crippen molar-refractivity contribution in [2.75, 3.05) is 7.05 Å². The number of hydrogen-bond acceptors (Lipinski definition) is 4. The minimum Gasteiger partial charge on any atom is -0.296 e. The molecule has 8 heteroatoms. The van der Waals surface area contributed by atoms with Crippen LogP contribution in [-0.2, 0) is 36.5 Å². The van der Waals surface area contributed by atoms with Crippen molar-refractivity contribution in [2.24, 2.45) is 12.5 Å². The van der Waals surface area contributed by atoms with Gasteiger partial charge >= 0.3 is 0 Å². The Labute approximate surface area is 187 Å². The molecule has 3 aromatic rings. The first-order valence-electron chi connectivity index (χ1n) is 10.9. The van der Waals surface area contributed by atoms with Crippen LogP contribution in [0.3, 0.4) is 0 Å². The summed E-state index contributed by atoms with van der Waals surface area (Å²) in [5, 5.41) is 3.91. The molecule has 3 aliphatic rings. The minimum atomic E-state index is -3.76. The summed E-state index contributed by atoms with van der Waals surface area (Å²) >= 11 is 0. The van der Waals surface area contributed by atoms with Gasteiger partial charge in [-0.3, -0.25) is 9.58 Å². The predicted octanol–water partition coefficient (Wildman–Crippen LogP) is 2.60. The first-order valence-corrected chi connectivity index (χ1v) is 12.3. The molecule has 3 atom stereocenters. The van der Waals surface area contributed by atoms with Crippen molar-refractivity contribution in [2.45, 2.75) is 42.3 Å². The number of benzene rings is 2. The number of likely N-dealkylation sites (N-methyl/N-ethyl adjacent to an activating group) is 1. The number of nitrogens with one attached hydrogen (secondary N) is 1. The van der Waals surface area contributed by atoms with E-state index in [-0.39, 0.29) is 22.7 Å². The molecule has 1 aromatic heterocycles. The highest BCUT2D eigenvalue weighted by atomic mass is 32.2. The maximum atomic E-state index is 15.0. The van der Waals surface area contributed by atoms with E-state index in [2.05, 4.69) is 46.0 Å². The summed E-state index contributed by atoms with van der Waals surface area (Å²) in [7, 11) is 0.0530. The van der Waals surface area contributed by atoms with Gasteiger partial charge < -0.3 is 0 Å². The maximum Gasteiger partial charge on any atom is 0.243 e. The molecule has 1 spiro atoms. The van der Waals surface area contributed by atoms with Crippen molar-refractivity contribution >= 4 is 10.0 Å². The third-order valence-electron chi connectivity index (χ3n) is 7.63. The summed E-state index contributed by atoms with van der Waals surface area (Å²) in [6.07, 6.45) is 4.53. The standard InChI is InChI=1S/C24H25FN4O2S/c1-28-14-18(13-26-28)32(30,31)27-12-17-9-19-16(10-21(17)25)11-24(22-23(24)29(22)2)20(19)8-15-6-4-3-5-7-15/h3-7,9-10,13-14,20,22-23,27H,8,11-12H2,1-2H3. The highest BCUT2D eigenvalue weighted by molar-refractivity contribution is 7.89. The molecule has 1 saturated carbocycles. The second-order valence-electron chi connectivity index (χ2n) is 9.40. The minimum absolute atomic E-state index is 0.0728. The Hall–Kier alpha value is -2.55. The molecule has 0 radical (unpaired) electrons. The van der Waals surface area contributed by atoms with Crippen LogP contribution in [0.25, 0.3) is 0 Å². The molecule has 2 heterocycles. The van der Waals surface area contributed by atoms with Crippen LogP contribution in [0.5, 0.6) is 0 Å². The lowest BCUT2D eigenvalue weighted by atomic mass is 9.81. The summed E-state index contributed by atoms with van der Waals surface area (Å²) < 4.78 is 44.1. The van der Waals surface area contributed by atoms with Gasteiger partial charge in [0.1, 0.15) is 10.7 Å². The quantitative estimate of drug-likeness (QED) is 0.584. The molecular weight excluding hydrogens is 427 g/mol. The smallest absolute Gasteiger partial charge is 0.243 e. The first kappa shape index (κ1) is 20.1. The molecule has 6 rings (SSSR count). The predicted molar refractivity (Wildman–Crippen MR) is 118 cm³/mol. The summed E-state index contributed by atoms with van der Waals surface area (Å²) in [6.45, 7) is -0.0891. The second-order valence-corrected chi connectivity index (χ2v) is 11.2. The number of nitrogens with zero attached hydrogens (tertiary/aromatic N) is 3. The van der Waals surface area contributed by atoms with E-state index >= 15 is 0 Å². The van der Waals surface area contributed by atoms with Gasteiger partial charge in [0.05, 0.1) is 6.20 Å². The molecule has 2 fully saturated rings. The number of hydrogen-bond donors (Lipinski definition) is 1. The zero-order chi connectivity index (χ0) is 22.3. The molecule has 6 nitrogen and oxygen atoms in total. The van der Waals surface area contributed by atoms with E-state index in [1.807, 2.05) is 12.1 Å². The van der Waals surface area contributed by atoms with E-state index in [0.717, 1.165) is 18.4 Å². The molecule has 0 amide bonds. The normalized spacial score (nSPS) is 29.7. The first-order chi connectivity index (χ1) is 15.3. The number of fused-ring (bicyclic) bond motifs is 4. The van der Waals surface area contributed by atoms with Gasteiger partial charge in [-0.2, -0.15) is 5.10 Å². The van der Waals surface area contributed by atoms with E-state index in [1.165, 1.54) is 28.2 Å². The maximum absolute atomic E-state index is 15.0. The third kappa shape index (κ3) is 2.89. The molecule has 32 heavy (non-hydrogen) atoms. The van der Waals surface area contributed by atoms with Crippen LogP contribution in [0.2, 0.25) is 0 Å². The van der Waals surface area contributed by atoms with Crippen molar-refractivity contribution in [3.63, 3.8) is 0 Å². The summed E-state index contributed by atoms with van der Waals surface area (Å²) in [6, 6.07) is 15.1. The summed E-state index contributed by atoms with van der Waals surface area (Å²) in [5.41, 5.74) is 4.11. The van der Waals surface area contributed by atoms with Gasteiger partial charge in [0.25, 0.3) is 0 Å². The van der Waals surface area contributed by atoms with Crippen molar-refractivity contribution in [1.29, 1.82) is 0 Å². The number of aromatic nitrogens is 2. The van der Waals surface area contributed by atoms with Crippen molar-refractivity contribution in [1.82, 2.24) is 19.4 Å². The molecule has 2 aliphatic carbocycles. The van der Waals surface area contributed by atoms with Crippen LogP contribution in [-0.4, -0.2) is 42.2 Å². The average molecular weight is 453 g/mol. The zero-order valence-electron chi connectivity index (χ0n) is 18.0. The largest absolute Gasteiger partial charge is 0.296 e. The lowest BCUT2D eigenvalue weighted by molar-refractivity contribution is 0.226. The Kier molecular flexibility index (Phi) is 4.22. The van der Waals surface area contributed by atoms with Crippen LogP contribution >= 0.6 is 0 Å². The summed E-state index contributed by atoms with van der Waals surface area (Å²) in [4.78, 5) is 2.46. The van der Waals surface area contributed by atoms with Gasteiger partial charge in [0.2, 0.25) is 10.0 Å². The van der Waals surface area contributed by atoms with E-state index in [0.29, 0.717) is 23.6 Å². The fourth-order valence-corrected chi connectivity index (χ4v) is 7.02. The number of likely N-dealkylation sites (tertiary alicyclic amines) is 1. The van der Waals surface area contributed by atoms with Crippen LogP contribution in [0.1, 0.15) is 28.2 Å². The van der Waals surface area contributed by atoms with E-state index in [9.17, 15) is 12.8 Å². The number of aryl methyl sites for hydroxylation is 1. The van der Waals surface area contributed by atoms with Gasteiger partial charge in [-0.25, -0.2) is 17.5 Å². The third-order valence-corrected chi connectivity index (χ3v) is 8.99. The molecule has 3 unspecified atom stereocenters. The van der Waals surface area contributed by atoms with E-state index in [1.54, 1.807) is 13.1 Å². The van der Waals surface area contributed by atoms with Crippen LogP contribution in [0.15, 0.2) is 59.8 Å². The average Bonchev–Trinajstić information content (AvgIpc) is 3.52. The van der Waals surface area contributed by atoms with Gasteiger partial charge in [-0.1, -0.05) is 36.4 Å². The SMILES string of the molecule is CN1C2C1C21Cc2cc(F)c(CNS(=O)(=O)c3cnn(C)c3)cc2C1Cc1ccccc1. The van der Waals surface area contributed by atoms with Crippen molar-refractivity contribution in [3.05, 3.63) is 82.9 Å². The Morgan fingerprint density at radius 2 is 1.94 bits per heavy atom. The topological polar surface area (TPSA) is 67.0 Å². The molecule has 0 bridgehead atoms. The Morgan fingerprint density at radius 3 is 2.59 bits per heavy atom. The van der Waals surface area contributed by atoms with Crippen LogP contribution in [0, 0.1) is 11.2 Å². The Morgan fingerprint density at radius 1 is 1.19 bits per heavy atom. The summed E-state index contributed by atoms with van der Waals surface area (Å²) in [5.74, 6) is -0.0313. The molecular formula is C24H25FN4O2S. The second kappa shape index (κ2) is 6.73. The highest BCUT2D eigenvalue weighted by Gasteiger charge is 2.84. The van der Waals surface area contributed by atoms with Gasteiger partial charge in [-0.15, -0.1) is 0 Å². The monoisotopic (exact) mass is 452 g/mol. The van der Waals surface area contributed by atoms with E-state index < -0.39 is 10.0 Å². The molecule has 1 aliphatic heterocycles. The highest BCUT2D eigenvalue weighted by Crippen LogP contribution is 2.76. The Balaban J connectivity index is 1.30. The fourth-order valence-electron chi connectivity index (χ4n) is 6.03. The lowest BCUT2D eigenvalue weighted by Crippen LogP contribution is -2.31. The zero-order valence-corrected chi connectivity index (χ0v) is 18.8. The molecule has 2 aromatic carbocycles. The number of halogens is 1.